The molecule has 2 N–H and O–H groups in total. The number of methoxy groups -OCH3 is 1. The Morgan fingerprint density at radius 3 is 2.52 bits per heavy atom. The summed E-state index contributed by atoms with van der Waals surface area (Å²) in [5.41, 5.74) is 3.92. The van der Waals surface area contributed by atoms with Gasteiger partial charge in [0, 0.05) is 10.2 Å². The molecular formula is C26H25BrN2O3S. The van der Waals surface area contributed by atoms with E-state index in [0.29, 0.717) is 23.0 Å². The maximum Gasteiger partial charge on any atom is 0.260 e. The van der Waals surface area contributed by atoms with E-state index >= 15 is 0 Å². The minimum atomic E-state index is -0.231. The second-order valence-corrected chi connectivity index (χ2v) is 9.47. The Balaban J connectivity index is 1.47. The first kappa shape index (κ1) is 23.3. The molecule has 1 heterocycles. The normalized spacial score (nSPS) is 16.5. The Hall–Kier alpha value is -2.90. The summed E-state index contributed by atoms with van der Waals surface area (Å²) in [5, 5.41) is 6.32. The quantitative estimate of drug-likeness (QED) is 0.343. The second kappa shape index (κ2) is 10.8. The van der Waals surface area contributed by atoms with Gasteiger partial charge in [-0.05, 0) is 53.5 Å². The highest BCUT2D eigenvalue weighted by Crippen LogP contribution is 2.37. The van der Waals surface area contributed by atoms with Crippen LogP contribution in [0.5, 0.6) is 11.5 Å². The summed E-state index contributed by atoms with van der Waals surface area (Å²) in [5.74, 6) is 1.13. The predicted molar refractivity (Wildman–Crippen MR) is 138 cm³/mol. The van der Waals surface area contributed by atoms with Crippen LogP contribution in [0.3, 0.4) is 0 Å². The number of halogens is 1. The van der Waals surface area contributed by atoms with Crippen LogP contribution < -0.4 is 20.1 Å². The van der Waals surface area contributed by atoms with Crippen molar-refractivity contribution in [1.29, 1.82) is 0 Å². The molecule has 3 aromatic carbocycles. The number of thioether (sulfide) groups is 1. The molecule has 1 aliphatic rings. The first-order valence-electron chi connectivity index (χ1n) is 10.6. The van der Waals surface area contributed by atoms with Gasteiger partial charge in [0.15, 0.2) is 17.0 Å². The molecule has 1 atom stereocenters. The van der Waals surface area contributed by atoms with E-state index in [0.717, 1.165) is 27.7 Å². The third kappa shape index (κ3) is 5.92. The van der Waals surface area contributed by atoms with E-state index in [2.05, 4.69) is 45.6 Å². The predicted octanol–water partition coefficient (Wildman–Crippen LogP) is 6.20. The van der Waals surface area contributed by atoms with E-state index in [-0.39, 0.29) is 11.4 Å². The van der Waals surface area contributed by atoms with Crippen molar-refractivity contribution in [2.45, 2.75) is 25.4 Å². The maximum atomic E-state index is 12.6. The van der Waals surface area contributed by atoms with Crippen LogP contribution in [0.15, 0.2) is 76.1 Å². The molecule has 0 unspecified atom stereocenters. The fourth-order valence-corrected chi connectivity index (χ4v) is 4.78. The lowest BCUT2D eigenvalue weighted by atomic mass is 10.1. The number of aryl methyl sites for hydroxylation is 1. The Kier molecular flexibility index (Phi) is 7.62. The zero-order valence-electron chi connectivity index (χ0n) is 18.4. The van der Waals surface area contributed by atoms with E-state index in [4.69, 9.17) is 9.47 Å². The molecule has 170 valence electrons. The van der Waals surface area contributed by atoms with E-state index in [1.54, 1.807) is 7.11 Å². The lowest BCUT2D eigenvalue weighted by Crippen LogP contribution is -2.30. The van der Waals surface area contributed by atoms with Crippen LogP contribution in [0.4, 0.5) is 5.69 Å². The highest BCUT2D eigenvalue weighted by atomic mass is 79.9. The standard InChI is InChI=1S/C26H25BrN2O3S/c1-3-17-9-11-20(12-10-17)28-26-29-25(30)24(33-26)14-19-13-22(31-2)23(15-21(19)27)32-16-18-7-5-4-6-8-18/h4-15,26,28H,3,16H2,1-2H3,(H,29,30)/b24-14-/t26-/m1/s1. The molecule has 0 bridgehead atoms. The summed E-state index contributed by atoms with van der Waals surface area (Å²) < 4.78 is 12.3. The third-order valence-electron chi connectivity index (χ3n) is 5.20. The van der Waals surface area contributed by atoms with Gasteiger partial charge in [-0.3, -0.25) is 4.79 Å². The van der Waals surface area contributed by atoms with E-state index in [1.165, 1.54) is 17.3 Å². The topological polar surface area (TPSA) is 59.6 Å². The lowest BCUT2D eigenvalue weighted by Gasteiger charge is -2.13. The Morgan fingerprint density at radius 2 is 1.82 bits per heavy atom. The number of hydrogen-bond acceptors (Lipinski definition) is 5. The zero-order chi connectivity index (χ0) is 23.2. The largest absolute Gasteiger partial charge is 0.493 e. The average molecular weight is 525 g/mol. The van der Waals surface area contributed by atoms with Crippen molar-refractivity contribution in [2.24, 2.45) is 0 Å². The second-order valence-electron chi connectivity index (χ2n) is 7.47. The van der Waals surface area contributed by atoms with Crippen molar-refractivity contribution in [3.63, 3.8) is 0 Å². The summed E-state index contributed by atoms with van der Waals surface area (Å²) in [6.45, 7) is 2.57. The molecule has 1 saturated heterocycles. The van der Waals surface area contributed by atoms with Crippen molar-refractivity contribution in [3.05, 3.63) is 92.8 Å². The van der Waals surface area contributed by atoms with Gasteiger partial charge in [0.25, 0.3) is 5.91 Å². The summed E-state index contributed by atoms with van der Waals surface area (Å²) in [4.78, 5) is 13.2. The molecule has 5 nitrogen and oxygen atoms in total. The fourth-order valence-electron chi connectivity index (χ4n) is 3.36. The van der Waals surface area contributed by atoms with Crippen LogP contribution in [0.2, 0.25) is 0 Å². The number of nitrogens with one attached hydrogen (secondary N) is 2. The van der Waals surface area contributed by atoms with Crippen molar-refractivity contribution >= 4 is 45.4 Å². The van der Waals surface area contributed by atoms with Crippen LogP contribution in [0.25, 0.3) is 6.08 Å². The van der Waals surface area contributed by atoms with Crippen molar-refractivity contribution in [1.82, 2.24) is 5.32 Å². The van der Waals surface area contributed by atoms with Gasteiger partial charge in [0.05, 0.1) is 12.0 Å². The highest BCUT2D eigenvalue weighted by Gasteiger charge is 2.27. The number of benzene rings is 3. The van der Waals surface area contributed by atoms with Gasteiger partial charge in [-0.15, -0.1) is 0 Å². The van der Waals surface area contributed by atoms with Gasteiger partial charge in [-0.25, -0.2) is 0 Å². The number of ether oxygens (including phenoxy) is 2. The lowest BCUT2D eigenvalue weighted by molar-refractivity contribution is -0.116. The smallest absolute Gasteiger partial charge is 0.260 e. The van der Waals surface area contributed by atoms with Crippen molar-refractivity contribution < 1.29 is 14.3 Å². The fraction of sp³-hybridized carbons (Fsp3) is 0.192. The molecule has 4 rings (SSSR count). The van der Waals surface area contributed by atoms with Crippen molar-refractivity contribution in [3.8, 4) is 11.5 Å². The molecule has 33 heavy (non-hydrogen) atoms. The maximum absolute atomic E-state index is 12.6. The first-order valence-corrected chi connectivity index (χ1v) is 12.3. The molecule has 7 heteroatoms. The van der Waals surface area contributed by atoms with Crippen LogP contribution in [-0.4, -0.2) is 18.5 Å². The third-order valence-corrected chi connectivity index (χ3v) is 6.91. The Bertz CT molecular complexity index is 1150. The van der Waals surface area contributed by atoms with Gasteiger partial charge < -0.3 is 20.1 Å². The zero-order valence-corrected chi connectivity index (χ0v) is 20.8. The molecule has 0 spiro atoms. The molecule has 3 aromatic rings. The van der Waals surface area contributed by atoms with E-state index in [1.807, 2.05) is 60.7 Å². The molecule has 1 fully saturated rings. The number of anilines is 1. The molecular weight excluding hydrogens is 500 g/mol. The summed E-state index contributed by atoms with van der Waals surface area (Å²) >= 11 is 5.06. The van der Waals surface area contributed by atoms with Crippen LogP contribution in [0.1, 0.15) is 23.6 Å². The molecule has 1 aliphatic heterocycles. The number of carbonyl (C=O) groups is 1. The Labute approximate surface area is 206 Å². The molecule has 0 saturated carbocycles. The minimum Gasteiger partial charge on any atom is -0.493 e. The minimum absolute atomic E-state index is 0.113. The summed E-state index contributed by atoms with van der Waals surface area (Å²) in [7, 11) is 1.61. The van der Waals surface area contributed by atoms with E-state index in [9.17, 15) is 4.79 Å². The summed E-state index contributed by atoms with van der Waals surface area (Å²) in [6.07, 6.45) is 2.85. The van der Waals surface area contributed by atoms with E-state index < -0.39 is 0 Å². The van der Waals surface area contributed by atoms with Crippen LogP contribution in [-0.2, 0) is 17.8 Å². The molecule has 0 aliphatic carbocycles. The highest BCUT2D eigenvalue weighted by molar-refractivity contribution is 9.10. The SMILES string of the molecule is CCc1ccc(N[C@@H]2NC(=O)/C(=C/c3cc(OC)c(OCc4ccccc4)cc3Br)S2)cc1. The monoisotopic (exact) mass is 524 g/mol. The average Bonchev–Trinajstić information content (AvgIpc) is 3.18. The molecule has 0 radical (unpaired) electrons. The number of amides is 1. The first-order chi connectivity index (χ1) is 16.1. The number of carbonyl (C=O) groups excluding carboxylic acids is 1. The van der Waals surface area contributed by atoms with Gasteiger partial charge in [-0.1, -0.05) is 77.1 Å². The molecule has 1 amide bonds. The Morgan fingerprint density at radius 1 is 1.06 bits per heavy atom. The number of hydrogen-bond donors (Lipinski definition) is 2. The van der Waals surface area contributed by atoms with Gasteiger partial charge >= 0.3 is 0 Å². The molecule has 0 aromatic heterocycles. The van der Waals surface area contributed by atoms with Gasteiger partial charge in [-0.2, -0.15) is 0 Å². The van der Waals surface area contributed by atoms with Crippen LogP contribution >= 0.6 is 27.7 Å². The van der Waals surface area contributed by atoms with Crippen molar-refractivity contribution in [2.75, 3.05) is 12.4 Å². The van der Waals surface area contributed by atoms with Gasteiger partial charge in [0.2, 0.25) is 0 Å². The summed E-state index contributed by atoms with van der Waals surface area (Å²) in [6, 6.07) is 21.9. The number of rotatable bonds is 8. The van der Waals surface area contributed by atoms with Gasteiger partial charge in [0.1, 0.15) is 6.61 Å². The van der Waals surface area contributed by atoms with Crippen LogP contribution in [0, 0.1) is 0 Å².